The third kappa shape index (κ3) is 5.88. The Balaban J connectivity index is 0.000000280. The van der Waals surface area contributed by atoms with Crippen molar-refractivity contribution in [2.45, 2.75) is 0 Å². The van der Waals surface area contributed by atoms with Crippen LogP contribution in [0.3, 0.4) is 0 Å². The zero-order chi connectivity index (χ0) is 11.8. The smallest absolute Gasteiger partial charge is 0.0184 e. The molecule has 0 fully saturated rings. The summed E-state index contributed by atoms with van der Waals surface area (Å²) < 4.78 is 0. The molecule has 0 unspecified atom stereocenters. The minimum absolute atomic E-state index is 1.28. The van der Waals surface area contributed by atoms with Gasteiger partial charge in [0, 0.05) is 0 Å². The quantitative estimate of drug-likeness (QED) is 0.643. The van der Waals surface area contributed by atoms with E-state index in [4.69, 9.17) is 28.9 Å². The summed E-state index contributed by atoms with van der Waals surface area (Å²) in [5.41, 5.74) is 2.55. The summed E-state index contributed by atoms with van der Waals surface area (Å²) in [7, 11) is 15.0. The molecule has 0 aliphatic carbocycles. The van der Waals surface area contributed by atoms with Crippen LogP contribution in [0, 0.1) is 0 Å². The second kappa shape index (κ2) is 8.10. The maximum Gasteiger partial charge on any atom is -0.0184 e. The third-order valence-electron chi connectivity index (χ3n) is 1.88. The topological polar surface area (TPSA) is 0 Å². The molecule has 0 heterocycles. The minimum Gasteiger partial charge on any atom is -0.0622 e. The molecule has 0 amide bonds. The second-order valence-corrected chi connectivity index (χ2v) is 14.3. The Morgan fingerprint density at radius 2 is 0.812 bits per heavy atom. The predicted molar refractivity (Wildman–Crippen MR) is 75.2 cm³/mol. The fraction of sp³-hybridized carbons (Fsp3) is 0. The van der Waals surface area contributed by atoms with E-state index in [0.717, 1.165) is 0 Å². The van der Waals surface area contributed by atoms with Gasteiger partial charge in [-0.15, -0.1) is 0 Å². The normalized spacial score (nSPS) is 8.94. The zero-order valence-electron chi connectivity index (χ0n) is 8.48. The van der Waals surface area contributed by atoms with Crippen molar-refractivity contribution in [3.05, 3.63) is 60.7 Å². The summed E-state index contributed by atoms with van der Waals surface area (Å²) >= 11 is -2.06. The van der Waals surface area contributed by atoms with Gasteiger partial charge in [-0.1, -0.05) is 60.7 Å². The van der Waals surface area contributed by atoms with Gasteiger partial charge >= 0.3 is 42.1 Å². The van der Waals surface area contributed by atoms with Gasteiger partial charge in [0.05, 0.1) is 0 Å². The summed E-state index contributed by atoms with van der Waals surface area (Å²) in [6, 6.07) is 20.8. The minimum atomic E-state index is -2.06. The summed E-state index contributed by atoms with van der Waals surface area (Å²) in [6.45, 7) is 0. The van der Waals surface area contributed by atoms with Gasteiger partial charge in [-0.2, -0.15) is 0 Å². The summed E-state index contributed by atoms with van der Waals surface area (Å²) in [6.07, 6.45) is 0. The first-order chi connectivity index (χ1) is 7.70. The van der Waals surface area contributed by atoms with E-state index in [2.05, 4.69) is 48.5 Å². The van der Waals surface area contributed by atoms with Crippen LogP contribution in [0.5, 0.6) is 0 Å². The number of hydrogen-bond donors (Lipinski definition) is 0. The van der Waals surface area contributed by atoms with E-state index >= 15 is 0 Å². The molecule has 0 aliphatic rings. The monoisotopic (exact) mass is 328 g/mol. The van der Waals surface area contributed by atoms with Gasteiger partial charge < -0.3 is 0 Å². The maximum atomic E-state index is 4.99. The van der Waals surface area contributed by atoms with Crippen LogP contribution in [0.25, 0.3) is 11.1 Å². The van der Waals surface area contributed by atoms with Crippen LogP contribution >= 0.6 is 28.9 Å². The molecular weight excluding hydrogens is 320 g/mol. The van der Waals surface area contributed by atoms with Crippen molar-refractivity contribution < 1.29 is 0 Å². The molecule has 0 radical (unpaired) electrons. The van der Waals surface area contributed by atoms with Crippen LogP contribution in [-0.4, -0.2) is 13.2 Å². The van der Waals surface area contributed by atoms with Crippen LogP contribution in [-0.2, 0) is 0 Å². The molecule has 0 aliphatic heterocycles. The van der Waals surface area contributed by atoms with Crippen LogP contribution in [0.1, 0.15) is 0 Å². The molecule has 0 N–H and O–H groups in total. The SMILES string of the molecule is [Cl][Ga]([Cl])[Cl].c1ccc(-c2ccccc2)cc1. The van der Waals surface area contributed by atoms with E-state index in [-0.39, 0.29) is 0 Å². The number of rotatable bonds is 1. The van der Waals surface area contributed by atoms with E-state index in [1.165, 1.54) is 11.1 Å². The number of benzene rings is 2. The Morgan fingerprint density at radius 1 is 0.562 bits per heavy atom. The van der Waals surface area contributed by atoms with Gasteiger partial charge in [0.2, 0.25) is 0 Å². The summed E-state index contributed by atoms with van der Waals surface area (Å²) in [5.74, 6) is 0. The Labute approximate surface area is 113 Å². The Kier molecular flexibility index (Phi) is 7.09. The Hall–Kier alpha value is -0.0536. The summed E-state index contributed by atoms with van der Waals surface area (Å²) in [4.78, 5) is 0. The van der Waals surface area contributed by atoms with Crippen molar-refractivity contribution in [3.63, 3.8) is 0 Å². The van der Waals surface area contributed by atoms with E-state index in [1.54, 1.807) is 0 Å². The third-order valence-corrected chi connectivity index (χ3v) is 1.88. The van der Waals surface area contributed by atoms with Gasteiger partial charge in [-0.05, 0) is 11.1 Å². The maximum absolute atomic E-state index is 4.99. The van der Waals surface area contributed by atoms with Gasteiger partial charge in [0.1, 0.15) is 0 Å². The van der Waals surface area contributed by atoms with Crippen molar-refractivity contribution in [3.8, 4) is 11.1 Å². The van der Waals surface area contributed by atoms with Crippen molar-refractivity contribution >= 4 is 42.1 Å². The van der Waals surface area contributed by atoms with Crippen LogP contribution in [0.4, 0.5) is 0 Å². The van der Waals surface area contributed by atoms with E-state index in [0.29, 0.717) is 0 Å². The zero-order valence-corrected chi connectivity index (χ0v) is 13.2. The molecular formula is C12H10Cl3Ga. The molecule has 0 saturated heterocycles. The van der Waals surface area contributed by atoms with Crippen LogP contribution < -0.4 is 0 Å². The van der Waals surface area contributed by atoms with E-state index < -0.39 is 13.2 Å². The first-order valence-electron chi connectivity index (χ1n) is 4.73. The molecule has 2 rings (SSSR count). The standard InChI is InChI=1S/C12H10.3ClH.Ga/c1-3-7-11(8-4-1)12-9-5-2-6-10-12;;;;/h1-10H;3*1H;/q;;;;+3/p-3. The van der Waals surface area contributed by atoms with Gasteiger partial charge in [-0.3, -0.25) is 0 Å². The van der Waals surface area contributed by atoms with Crippen molar-refractivity contribution in [1.82, 2.24) is 0 Å². The Bertz CT molecular complexity index is 349. The predicted octanol–water partition coefficient (Wildman–Crippen LogP) is 5.04. The fourth-order valence-corrected chi connectivity index (χ4v) is 1.26. The molecule has 0 bridgehead atoms. The Morgan fingerprint density at radius 3 is 1.06 bits per heavy atom. The molecule has 0 saturated carbocycles. The van der Waals surface area contributed by atoms with Gasteiger partial charge in [0.15, 0.2) is 0 Å². The first-order valence-corrected chi connectivity index (χ1v) is 14.3. The van der Waals surface area contributed by atoms with Crippen LogP contribution in [0.2, 0.25) is 0 Å². The number of hydrogen-bond acceptors (Lipinski definition) is 0. The van der Waals surface area contributed by atoms with Crippen molar-refractivity contribution in [1.29, 1.82) is 0 Å². The molecule has 0 atom stereocenters. The molecule has 16 heavy (non-hydrogen) atoms. The summed E-state index contributed by atoms with van der Waals surface area (Å²) in [5, 5.41) is 0. The number of halogens is 3. The van der Waals surface area contributed by atoms with Gasteiger partial charge in [0.25, 0.3) is 0 Å². The fourth-order valence-electron chi connectivity index (χ4n) is 1.26. The molecule has 82 valence electrons. The first kappa shape index (κ1) is 14.0. The van der Waals surface area contributed by atoms with E-state index in [1.807, 2.05) is 12.1 Å². The van der Waals surface area contributed by atoms with Gasteiger partial charge in [-0.25, -0.2) is 0 Å². The largest absolute Gasteiger partial charge is 0.0622 e. The van der Waals surface area contributed by atoms with Crippen molar-refractivity contribution in [2.75, 3.05) is 0 Å². The molecule has 2 aromatic rings. The average molecular weight is 330 g/mol. The molecule has 0 nitrogen and oxygen atoms in total. The van der Waals surface area contributed by atoms with Crippen molar-refractivity contribution in [2.24, 2.45) is 0 Å². The van der Waals surface area contributed by atoms with E-state index in [9.17, 15) is 0 Å². The molecule has 4 heteroatoms. The second-order valence-electron chi connectivity index (χ2n) is 2.98. The molecule has 0 spiro atoms. The molecule has 0 aromatic heterocycles. The van der Waals surface area contributed by atoms with Crippen LogP contribution in [0.15, 0.2) is 60.7 Å². The average Bonchev–Trinajstić information content (AvgIpc) is 2.31. The molecule has 2 aromatic carbocycles.